The average Bonchev–Trinajstić information content (AvgIpc) is 3.05. The lowest BCUT2D eigenvalue weighted by Crippen LogP contribution is -2.25. The van der Waals surface area contributed by atoms with E-state index in [4.69, 9.17) is 9.52 Å². The van der Waals surface area contributed by atoms with Gasteiger partial charge in [0.05, 0.1) is 18.3 Å². The summed E-state index contributed by atoms with van der Waals surface area (Å²) in [4.78, 5) is 24.8. The molecule has 0 aliphatic heterocycles. The molecule has 0 fully saturated rings. The number of aromatic nitrogens is 2. The average molecular weight is 305 g/mol. The summed E-state index contributed by atoms with van der Waals surface area (Å²) in [6.07, 6.45) is 4.18. The van der Waals surface area contributed by atoms with E-state index in [0.717, 1.165) is 13.0 Å². The maximum atomic E-state index is 12.3. The maximum Gasteiger partial charge on any atom is 0.339 e. The minimum atomic E-state index is -1.04. The molecule has 2 aromatic rings. The van der Waals surface area contributed by atoms with Gasteiger partial charge < -0.3 is 14.4 Å². The van der Waals surface area contributed by atoms with Crippen LogP contribution in [0.2, 0.25) is 0 Å². The molecule has 0 saturated carbocycles. The van der Waals surface area contributed by atoms with Gasteiger partial charge in [-0.05, 0) is 19.4 Å². The largest absolute Gasteiger partial charge is 0.478 e. The smallest absolute Gasteiger partial charge is 0.339 e. The molecule has 0 aromatic carbocycles. The quantitative estimate of drug-likeness (QED) is 0.883. The third-order valence-electron chi connectivity index (χ3n) is 3.27. The SMILES string of the molecule is CCCn1cc(C(=O)N(C)Cc2cc(C(=O)O)c(C)o2)cn1. The van der Waals surface area contributed by atoms with E-state index in [2.05, 4.69) is 5.10 Å². The fraction of sp³-hybridized carbons (Fsp3) is 0.400. The van der Waals surface area contributed by atoms with Gasteiger partial charge in [0.25, 0.3) is 5.91 Å². The molecule has 0 spiro atoms. The number of amides is 1. The van der Waals surface area contributed by atoms with Crippen LogP contribution in [0.3, 0.4) is 0 Å². The van der Waals surface area contributed by atoms with Gasteiger partial charge in [-0.25, -0.2) is 4.79 Å². The van der Waals surface area contributed by atoms with Crippen LogP contribution in [0.1, 0.15) is 45.6 Å². The summed E-state index contributed by atoms with van der Waals surface area (Å²) in [5.74, 6) is -0.457. The van der Waals surface area contributed by atoms with Crippen molar-refractivity contribution >= 4 is 11.9 Å². The molecule has 0 aliphatic rings. The summed E-state index contributed by atoms with van der Waals surface area (Å²) in [5, 5.41) is 13.1. The van der Waals surface area contributed by atoms with Crippen molar-refractivity contribution in [3.8, 4) is 0 Å². The van der Waals surface area contributed by atoms with Crippen molar-refractivity contribution < 1.29 is 19.1 Å². The fourth-order valence-corrected chi connectivity index (χ4v) is 2.19. The molecule has 7 nitrogen and oxygen atoms in total. The number of carbonyl (C=O) groups excluding carboxylic acids is 1. The standard InChI is InChI=1S/C15H19N3O4/c1-4-5-18-8-11(7-16-18)14(19)17(3)9-12-6-13(15(20)21)10(2)22-12/h6-8H,4-5,9H2,1-3H3,(H,20,21). The molecule has 7 heteroatoms. The van der Waals surface area contributed by atoms with E-state index in [1.165, 1.54) is 17.2 Å². The predicted molar refractivity (Wildman–Crippen MR) is 78.7 cm³/mol. The predicted octanol–water partition coefficient (Wildman–Crippen LogP) is 2.16. The highest BCUT2D eigenvalue weighted by Gasteiger charge is 2.18. The number of aromatic carboxylic acids is 1. The number of carboxylic acid groups (broad SMARTS) is 1. The lowest BCUT2D eigenvalue weighted by Gasteiger charge is -2.14. The highest BCUT2D eigenvalue weighted by Crippen LogP contribution is 2.17. The van der Waals surface area contributed by atoms with Gasteiger partial charge >= 0.3 is 5.97 Å². The zero-order chi connectivity index (χ0) is 16.3. The monoisotopic (exact) mass is 305 g/mol. The van der Waals surface area contributed by atoms with Crippen LogP contribution in [0, 0.1) is 6.92 Å². The lowest BCUT2D eigenvalue weighted by molar-refractivity contribution is 0.0694. The van der Waals surface area contributed by atoms with Crippen LogP contribution < -0.4 is 0 Å². The zero-order valence-electron chi connectivity index (χ0n) is 12.9. The zero-order valence-corrected chi connectivity index (χ0v) is 12.9. The van der Waals surface area contributed by atoms with E-state index in [-0.39, 0.29) is 18.0 Å². The van der Waals surface area contributed by atoms with Gasteiger partial charge in [-0.1, -0.05) is 6.92 Å². The Kier molecular flexibility index (Phi) is 4.65. The van der Waals surface area contributed by atoms with Crippen LogP contribution in [-0.2, 0) is 13.1 Å². The lowest BCUT2D eigenvalue weighted by atomic mass is 10.2. The Hall–Kier alpha value is -2.57. The summed E-state index contributed by atoms with van der Waals surface area (Å²) in [7, 11) is 1.64. The van der Waals surface area contributed by atoms with Crippen molar-refractivity contribution in [3.63, 3.8) is 0 Å². The Morgan fingerprint density at radius 1 is 1.45 bits per heavy atom. The second kappa shape index (κ2) is 6.46. The first-order valence-electron chi connectivity index (χ1n) is 7.03. The molecule has 0 unspecified atom stereocenters. The van der Waals surface area contributed by atoms with Crippen molar-refractivity contribution in [1.82, 2.24) is 14.7 Å². The van der Waals surface area contributed by atoms with E-state index < -0.39 is 5.97 Å². The van der Waals surface area contributed by atoms with Crippen LogP contribution in [0.4, 0.5) is 0 Å². The molecule has 0 radical (unpaired) electrons. The van der Waals surface area contributed by atoms with Crippen LogP contribution in [-0.4, -0.2) is 38.7 Å². The van der Waals surface area contributed by atoms with Crippen LogP contribution in [0.5, 0.6) is 0 Å². The molecule has 1 amide bonds. The first-order valence-corrected chi connectivity index (χ1v) is 7.03. The van der Waals surface area contributed by atoms with Gasteiger partial charge in [0.1, 0.15) is 17.1 Å². The normalized spacial score (nSPS) is 10.7. The van der Waals surface area contributed by atoms with E-state index in [1.807, 2.05) is 6.92 Å². The highest BCUT2D eigenvalue weighted by atomic mass is 16.4. The van der Waals surface area contributed by atoms with E-state index in [0.29, 0.717) is 17.1 Å². The Bertz CT molecular complexity index is 687. The van der Waals surface area contributed by atoms with Crippen LogP contribution in [0.15, 0.2) is 22.9 Å². The van der Waals surface area contributed by atoms with Crippen molar-refractivity contribution in [2.24, 2.45) is 0 Å². The molecular weight excluding hydrogens is 286 g/mol. The Morgan fingerprint density at radius 2 is 2.18 bits per heavy atom. The number of hydrogen-bond donors (Lipinski definition) is 1. The summed E-state index contributed by atoms with van der Waals surface area (Å²) >= 11 is 0. The summed E-state index contributed by atoms with van der Waals surface area (Å²) in [6.45, 7) is 4.58. The molecule has 0 bridgehead atoms. The topological polar surface area (TPSA) is 88.6 Å². The van der Waals surface area contributed by atoms with E-state index >= 15 is 0 Å². The fourth-order valence-electron chi connectivity index (χ4n) is 2.19. The highest BCUT2D eigenvalue weighted by molar-refractivity contribution is 5.93. The first-order chi connectivity index (χ1) is 10.4. The van der Waals surface area contributed by atoms with Gasteiger partial charge in [0, 0.05) is 19.8 Å². The molecule has 0 saturated heterocycles. The molecule has 0 atom stereocenters. The first kappa shape index (κ1) is 15.8. The molecule has 118 valence electrons. The van der Waals surface area contributed by atoms with Gasteiger partial charge in [-0.15, -0.1) is 0 Å². The number of aryl methyl sites for hydroxylation is 2. The van der Waals surface area contributed by atoms with Crippen molar-refractivity contribution in [2.45, 2.75) is 33.4 Å². The third kappa shape index (κ3) is 3.36. The molecule has 2 aromatic heterocycles. The van der Waals surface area contributed by atoms with Crippen molar-refractivity contribution in [2.75, 3.05) is 7.05 Å². The van der Waals surface area contributed by atoms with Crippen molar-refractivity contribution in [1.29, 1.82) is 0 Å². The summed E-state index contributed by atoms with van der Waals surface area (Å²) in [6, 6.07) is 1.45. The minimum Gasteiger partial charge on any atom is -0.478 e. The van der Waals surface area contributed by atoms with Gasteiger partial charge in [0.15, 0.2) is 0 Å². The minimum absolute atomic E-state index is 0.117. The molecule has 2 heterocycles. The number of furan rings is 1. The second-order valence-electron chi connectivity index (χ2n) is 5.14. The molecular formula is C15H19N3O4. The van der Waals surface area contributed by atoms with E-state index in [9.17, 15) is 9.59 Å². The van der Waals surface area contributed by atoms with Crippen LogP contribution in [0.25, 0.3) is 0 Å². The van der Waals surface area contributed by atoms with Gasteiger partial charge in [0.2, 0.25) is 0 Å². The molecule has 0 aliphatic carbocycles. The number of nitrogens with zero attached hydrogens (tertiary/aromatic N) is 3. The second-order valence-corrected chi connectivity index (χ2v) is 5.14. The summed E-state index contributed by atoms with van der Waals surface area (Å²) < 4.78 is 7.10. The summed E-state index contributed by atoms with van der Waals surface area (Å²) in [5.41, 5.74) is 0.615. The Balaban J connectivity index is 2.07. The molecule has 1 N–H and O–H groups in total. The molecule has 22 heavy (non-hydrogen) atoms. The Morgan fingerprint density at radius 3 is 2.77 bits per heavy atom. The molecule has 2 rings (SSSR count). The van der Waals surface area contributed by atoms with Crippen LogP contribution >= 0.6 is 0 Å². The number of carboxylic acids is 1. The van der Waals surface area contributed by atoms with Crippen molar-refractivity contribution in [3.05, 3.63) is 41.1 Å². The third-order valence-corrected chi connectivity index (χ3v) is 3.27. The number of carbonyl (C=O) groups is 2. The maximum absolute atomic E-state index is 12.3. The number of hydrogen-bond acceptors (Lipinski definition) is 4. The van der Waals surface area contributed by atoms with Gasteiger partial charge in [-0.2, -0.15) is 5.10 Å². The number of rotatable bonds is 6. The Labute approximate surface area is 128 Å². The van der Waals surface area contributed by atoms with E-state index in [1.54, 1.807) is 24.9 Å². The van der Waals surface area contributed by atoms with Gasteiger partial charge in [-0.3, -0.25) is 9.48 Å².